The van der Waals surface area contributed by atoms with Crippen LogP contribution in [0.2, 0.25) is 0 Å². The van der Waals surface area contributed by atoms with Gasteiger partial charge in [0.1, 0.15) is 5.76 Å². The van der Waals surface area contributed by atoms with Crippen LogP contribution in [0.5, 0.6) is 0 Å². The molecule has 1 aromatic heterocycles. The van der Waals surface area contributed by atoms with Gasteiger partial charge < -0.3 is 9.32 Å². The van der Waals surface area contributed by atoms with Gasteiger partial charge in [-0.1, -0.05) is 24.3 Å². The van der Waals surface area contributed by atoms with Gasteiger partial charge in [0, 0.05) is 35.5 Å². The van der Waals surface area contributed by atoms with Crippen LogP contribution in [0.15, 0.2) is 59.2 Å². The van der Waals surface area contributed by atoms with Crippen LogP contribution in [0.25, 0.3) is 10.8 Å². The number of hydrogen-bond acceptors (Lipinski definition) is 4. The molecule has 2 aliphatic rings. The molecule has 1 saturated carbocycles. The molecule has 3 aromatic rings. The van der Waals surface area contributed by atoms with Gasteiger partial charge in [0.05, 0.1) is 12.3 Å². The highest BCUT2D eigenvalue weighted by molar-refractivity contribution is 6.25. The molecule has 5 rings (SSSR count). The van der Waals surface area contributed by atoms with Gasteiger partial charge in [-0.3, -0.25) is 19.3 Å². The second kappa shape index (κ2) is 7.69. The van der Waals surface area contributed by atoms with Crippen LogP contribution in [0.3, 0.4) is 0 Å². The highest BCUT2D eigenvalue weighted by atomic mass is 16.3. The molecule has 0 saturated heterocycles. The summed E-state index contributed by atoms with van der Waals surface area (Å²) in [5, 5.41) is 1.61. The van der Waals surface area contributed by atoms with E-state index >= 15 is 0 Å². The van der Waals surface area contributed by atoms with Crippen LogP contribution in [-0.4, -0.2) is 40.1 Å². The van der Waals surface area contributed by atoms with Gasteiger partial charge in [0.25, 0.3) is 11.8 Å². The summed E-state index contributed by atoms with van der Waals surface area (Å²) in [5.41, 5.74) is 1.09. The molecular formula is C25H24N2O4. The smallest absolute Gasteiger partial charge is 0.261 e. The van der Waals surface area contributed by atoms with Crippen molar-refractivity contribution in [2.45, 2.75) is 44.7 Å². The zero-order chi connectivity index (χ0) is 21.5. The van der Waals surface area contributed by atoms with Crippen LogP contribution >= 0.6 is 0 Å². The number of carbonyl (C=O) groups is 3. The van der Waals surface area contributed by atoms with Crippen molar-refractivity contribution in [3.8, 4) is 0 Å². The van der Waals surface area contributed by atoms with E-state index < -0.39 is 0 Å². The number of amides is 3. The number of rotatable bonds is 7. The Morgan fingerprint density at radius 2 is 1.74 bits per heavy atom. The average molecular weight is 416 g/mol. The quantitative estimate of drug-likeness (QED) is 0.530. The van der Waals surface area contributed by atoms with Crippen LogP contribution in [0.4, 0.5) is 0 Å². The van der Waals surface area contributed by atoms with Crippen molar-refractivity contribution in [2.24, 2.45) is 0 Å². The lowest BCUT2D eigenvalue weighted by Crippen LogP contribution is -2.41. The second-order valence-corrected chi connectivity index (χ2v) is 8.30. The highest BCUT2D eigenvalue weighted by Crippen LogP contribution is 2.35. The minimum atomic E-state index is -0.287. The summed E-state index contributed by atoms with van der Waals surface area (Å²) in [6.45, 7) is 2.20. The van der Waals surface area contributed by atoms with Crippen molar-refractivity contribution in [3.63, 3.8) is 0 Å². The Hall–Kier alpha value is -3.41. The molecule has 1 unspecified atom stereocenters. The summed E-state index contributed by atoms with van der Waals surface area (Å²) in [6, 6.07) is 14.8. The van der Waals surface area contributed by atoms with E-state index in [0.717, 1.165) is 29.4 Å². The molecule has 6 heteroatoms. The predicted octanol–water partition coefficient (Wildman–Crippen LogP) is 4.56. The maximum atomic E-state index is 13.0. The third-order valence-electron chi connectivity index (χ3n) is 6.23. The molecule has 1 atom stereocenters. The Balaban J connectivity index is 1.28. The fraction of sp³-hybridized carbons (Fsp3) is 0.320. The maximum absolute atomic E-state index is 13.0. The van der Waals surface area contributed by atoms with Crippen molar-refractivity contribution < 1.29 is 18.8 Å². The molecule has 6 nitrogen and oxygen atoms in total. The first-order valence-electron chi connectivity index (χ1n) is 10.8. The van der Waals surface area contributed by atoms with E-state index in [2.05, 4.69) is 0 Å². The lowest BCUT2D eigenvalue weighted by Gasteiger charge is -2.29. The summed E-state index contributed by atoms with van der Waals surface area (Å²) < 4.78 is 5.50. The molecule has 1 aliphatic carbocycles. The number of imide groups is 1. The Morgan fingerprint density at radius 3 is 2.32 bits per heavy atom. The summed E-state index contributed by atoms with van der Waals surface area (Å²) >= 11 is 0. The number of benzene rings is 2. The van der Waals surface area contributed by atoms with Gasteiger partial charge in [-0.25, -0.2) is 0 Å². The van der Waals surface area contributed by atoms with E-state index in [1.807, 2.05) is 48.2 Å². The molecule has 158 valence electrons. The van der Waals surface area contributed by atoms with Crippen molar-refractivity contribution in [1.82, 2.24) is 9.80 Å². The third-order valence-corrected chi connectivity index (χ3v) is 6.23. The minimum absolute atomic E-state index is 0.0332. The summed E-state index contributed by atoms with van der Waals surface area (Å²) in [4.78, 5) is 42.2. The van der Waals surface area contributed by atoms with E-state index in [-0.39, 0.29) is 42.8 Å². The Bertz CT molecular complexity index is 1110. The topological polar surface area (TPSA) is 70.8 Å². The molecule has 0 spiro atoms. The van der Waals surface area contributed by atoms with Crippen molar-refractivity contribution >= 4 is 28.5 Å². The maximum Gasteiger partial charge on any atom is 0.261 e. The van der Waals surface area contributed by atoms with Crippen molar-refractivity contribution in [3.05, 3.63) is 71.7 Å². The Labute approximate surface area is 180 Å². The zero-order valence-electron chi connectivity index (χ0n) is 17.4. The molecular weight excluding hydrogens is 392 g/mol. The minimum Gasteiger partial charge on any atom is -0.467 e. The molecule has 0 N–H and O–H groups in total. The first-order chi connectivity index (χ1) is 15.1. The molecule has 31 heavy (non-hydrogen) atoms. The fourth-order valence-electron chi connectivity index (χ4n) is 4.56. The van der Waals surface area contributed by atoms with E-state index in [0.29, 0.717) is 17.5 Å². The first-order valence-corrected chi connectivity index (χ1v) is 10.8. The lowest BCUT2D eigenvalue weighted by atomic mass is 9.94. The van der Waals surface area contributed by atoms with Crippen LogP contribution in [0, 0.1) is 0 Å². The molecule has 0 bridgehead atoms. The first kappa shape index (κ1) is 19.5. The molecule has 0 radical (unpaired) electrons. The SMILES string of the molecule is CC(c1ccco1)N(C(=O)CCCN1C(=O)c2cccc3cccc(c23)C1=O)C1CC1. The van der Waals surface area contributed by atoms with E-state index in [1.165, 1.54) is 4.90 Å². The summed E-state index contributed by atoms with van der Waals surface area (Å²) in [7, 11) is 0. The van der Waals surface area contributed by atoms with E-state index in [4.69, 9.17) is 4.42 Å². The summed E-state index contributed by atoms with van der Waals surface area (Å²) in [5.74, 6) is 0.228. The highest BCUT2D eigenvalue weighted by Gasteiger charge is 2.37. The molecule has 3 amide bonds. The van der Waals surface area contributed by atoms with Gasteiger partial charge in [-0.05, 0) is 55.8 Å². The van der Waals surface area contributed by atoms with E-state index in [9.17, 15) is 14.4 Å². The Morgan fingerprint density at radius 1 is 1.06 bits per heavy atom. The number of nitrogens with zero attached hydrogens (tertiary/aromatic N) is 2. The monoisotopic (exact) mass is 416 g/mol. The third kappa shape index (κ3) is 3.42. The Kier molecular flexibility index (Phi) is 4.85. The lowest BCUT2D eigenvalue weighted by molar-refractivity contribution is -0.134. The van der Waals surface area contributed by atoms with E-state index in [1.54, 1.807) is 18.4 Å². The summed E-state index contributed by atoms with van der Waals surface area (Å²) in [6.07, 6.45) is 4.34. The number of furan rings is 1. The standard InChI is InChI=1S/C25H24N2O4/c1-16(21-10-5-15-31-21)27(18-12-13-18)22(28)11-4-14-26-24(29)19-8-2-6-17-7-3-9-20(23(17)19)25(26)30/h2-3,5-10,15-16,18H,4,11-14H2,1H3. The largest absolute Gasteiger partial charge is 0.467 e. The predicted molar refractivity (Wildman–Crippen MR) is 116 cm³/mol. The molecule has 2 heterocycles. The van der Waals surface area contributed by atoms with Gasteiger partial charge in [0.2, 0.25) is 5.91 Å². The average Bonchev–Trinajstić information content (AvgIpc) is 3.45. The van der Waals surface area contributed by atoms with Gasteiger partial charge >= 0.3 is 0 Å². The van der Waals surface area contributed by atoms with Gasteiger partial charge in [0.15, 0.2) is 0 Å². The van der Waals surface area contributed by atoms with Crippen molar-refractivity contribution in [2.75, 3.05) is 6.54 Å². The van der Waals surface area contributed by atoms with Crippen LogP contribution in [0.1, 0.15) is 65.1 Å². The number of carbonyl (C=O) groups excluding carboxylic acids is 3. The van der Waals surface area contributed by atoms with Gasteiger partial charge in [-0.2, -0.15) is 0 Å². The molecule has 1 aliphatic heterocycles. The molecule has 1 fully saturated rings. The van der Waals surface area contributed by atoms with Gasteiger partial charge in [-0.15, -0.1) is 0 Å². The fourth-order valence-corrected chi connectivity index (χ4v) is 4.56. The normalized spacial score (nSPS) is 16.6. The number of hydrogen-bond donors (Lipinski definition) is 0. The zero-order valence-corrected chi connectivity index (χ0v) is 17.4. The molecule has 2 aromatic carbocycles. The van der Waals surface area contributed by atoms with Crippen LogP contribution in [-0.2, 0) is 4.79 Å². The second-order valence-electron chi connectivity index (χ2n) is 8.30. The van der Waals surface area contributed by atoms with Crippen LogP contribution < -0.4 is 0 Å². The van der Waals surface area contributed by atoms with Crippen molar-refractivity contribution in [1.29, 1.82) is 0 Å².